The van der Waals surface area contributed by atoms with Crippen molar-refractivity contribution in [3.05, 3.63) is 76.2 Å². The summed E-state index contributed by atoms with van der Waals surface area (Å²) in [5.74, 6) is -0.965. The first-order valence-corrected chi connectivity index (χ1v) is 6.40. The van der Waals surface area contributed by atoms with Crippen LogP contribution in [0, 0.1) is 18.6 Å². The molecule has 0 unspecified atom stereocenters. The zero-order valence-corrected chi connectivity index (χ0v) is 11.6. The van der Waals surface area contributed by atoms with Gasteiger partial charge in [-0.25, -0.2) is 8.78 Å². The molecule has 0 N–H and O–H groups in total. The summed E-state index contributed by atoms with van der Waals surface area (Å²) in [6, 6.07) is 6.29. The van der Waals surface area contributed by atoms with Crippen molar-refractivity contribution in [1.82, 2.24) is 4.57 Å². The lowest BCUT2D eigenvalue weighted by Gasteiger charge is -2.11. The number of halogens is 2. The monoisotopic (exact) mass is 291 g/mol. The molecule has 0 atom stereocenters. The van der Waals surface area contributed by atoms with Crippen molar-refractivity contribution in [2.24, 2.45) is 0 Å². The van der Waals surface area contributed by atoms with Gasteiger partial charge in [-0.1, -0.05) is 6.08 Å². The van der Waals surface area contributed by atoms with Gasteiger partial charge in [0.15, 0.2) is 0 Å². The van der Waals surface area contributed by atoms with Gasteiger partial charge in [-0.15, -0.1) is 6.58 Å². The van der Waals surface area contributed by atoms with Crippen LogP contribution in [0.15, 0.2) is 47.8 Å². The first-order valence-electron chi connectivity index (χ1n) is 6.40. The van der Waals surface area contributed by atoms with Crippen molar-refractivity contribution in [3.8, 4) is 5.75 Å². The Bertz CT molecular complexity index is 723. The largest absolute Gasteiger partial charge is 0.489 e. The molecule has 2 aromatic rings. The van der Waals surface area contributed by atoms with E-state index in [1.54, 1.807) is 23.6 Å². The predicted octanol–water partition coefficient (Wildman–Crippen LogP) is 3.20. The predicted molar refractivity (Wildman–Crippen MR) is 76.3 cm³/mol. The first-order chi connectivity index (χ1) is 10.0. The highest BCUT2D eigenvalue weighted by Gasteiger charge is 2.07. The van der Waals surface area contributed by atoms with Crippen LogP contribution < -0.4 is 10.3 Å². The van der Waals surface area contributed by atoms with Gasteiger partial charge in [0.2, 0.25) is 0 Å². The molecule has 5 heteroatoms. The third kappa shape index (κ3) is 3.56. The second-order valence-corrected chi connectivity index (χ2v) is 4.59. The molecule has 0 aliphatic rings. The Morgan fingerprint density at radius 2 is 2.05 bits per heavy atom. The molecule has 1 heterocycles. The molecule has 0 fully saturated rings. The average Bonchev–Trinajstić information content (AvgIpc) is 2.42. The van der Waals surface area contributed by atoms with E-state index in [9.17, 15) is 13.6 Å². The summed E-state index contributed by atoms with van der Waals surface area (Å²) in [5.41, 5.74) is 0.728. The standard InChI is InChI=1S/C16H15F2NO2/c1-3-6-19-11(2)7-14(9-16(19)20)21-10-12-4-5-13(17)8-15(12)18/h3-5,7-9H,1,6,10H2,2H3. The van der Waals surface area contributed by atoms with E-state index < -0.39 is 11.6 Å². The van der Waals surface area contributed by atoms with Crippen molar-refractivity contribution in [1.29, 1.82) is 0 Å². The Kier molecular flexibility index (Phi) is 4.52. The molecule has 1 aromatic carbocycles. The van der Waals surface area contributed by atoms with Gasteiger partial charge in [-0.05, 0) is 25.1 Å². The number of aryl methyl sites for hydroxylation is 1. The lowest BCUT2D eigenvalue weighted by Crippen LogP contribution is -2.21. The van der Waals surface area contributed by atoms with Crippen molar-refractivity contribution < 1.29 is 13.5 Å². The molecular formula is C16H15F2NO2. The third-order valence-corrected chi connectivity index (χ3v) is 3.03. The van der Waals surface area contributed by atoms with Crippen molar-refractivity contribution >= 4 is 0 Å². The van der Waals surface area contributed by atoms with Gasteiger partial charge in [-0.3, -0.25) is 4.79 Å². The van der Waals surface area contributed by atoms with Crippen molar-refractivity contribution in [2.75, 3.05) is 0 Å². The molecule has 21 heavy (non-hydrogen) atoms. The third-order valence-electron chi connectivity index (χ3n) is 3.03. The Morgan fingerprint density at radius 3 is 2.67 bits per heavy atom. The lowest BCUT2D eigenvalue weighted by molar-refractivity contribution is 0.298. The summed E-state index contributed by atoms with van der Waals surface area (Å²) in [7, 11) is 0. The molecule has 110 valence electrons. The highest BCUT2D eigenvalue weighted by Crippen LogP contribution is 2.15. The van der Waals surface area contributed by atoms with E-state index in [1.807, 2.05) is 0 Å². The Balaban J connectivity index is 2.17. The molecule has 0 saturated heterocycles. The number of nitrogens with zero attached hydrogens (tertiary/aromatic N) is 1. The molecule has 0 aliphatic carbocycles. The van der Waals surface area contributed by atoms with E-state index in [0.29, 0.717) is 12.3 Å². The first kappa shape index (κ1) is 15.0. The van der Waals surface area contributed by atoms with Crippen LogP contribution in [0.25, 0.3) is 0 Å². The molecule has 0 amide bonds. The SMILES string of the molecule is C=CCn1c(C)cc(OCc2ccc(F)cc2F)cc1=O. The summed E-state index contributed by atoms with van der Waals surface area (Å²) < 4.78 is 33.2. The zero-order valence-electron chi connectivity index (χ0n) is 11.6. The average molecular weight is 291 g/mol. The van der Waals surface area contributed by atoms with Gasteiger partial charge in [0.05, 0.1) is 0 Å². The number of allylic oxidation sites excluding steroid dienone is 1. The van der Waals surface area contributed by atoms with Gasteiger partial charge in [0, 0.05) is 29.9 Å². The zero-order chi connectivity index (χ0) is 15.4. The van der Waals surface area contributed by atoms with E-state index in [0.717, 1.165) is 17.8 Å². The summed E-state index contributed by atoms with van der Waals surface area (Å²) in [5, 5.41) is 0. The fourth-order valence-electron chi connectivity index (χ4n) is 1.95. The van der Waals surface area contributed by atoms with Crippen LogP contribution in [0.5, 0.6) is 5.75 Å². The maximum Gasteiger partial charge on any atom is 0.254 e. The van der Waals surface area contributed by atoms with E-state index in [2.05, 4.69) is 6.58 Å². The smallest absolute Gasteiger partial charge is 0.254 e. The van der Waals surface area contributed by atoms with Gasteiger partial charge < -0.3 is 9.30 Å². The Labute approximate surface area is 121 Å². The fraction of sp³-hybridized carbons (Fsp3) is 0.188. The van der Waals surface area contributed by atoms with Gasteiger partial charge in [0.25, 0.3) is 5.56 Å². The second-order valence-electron chi connectivity index (χ2n) is 4.59. The molecule has 0 radical (unpaired) electrons. The summed E-state index contributed by atoms with van der Waals surface area (Å²) in [6.07, 6.45) is 1.63. The molecule has 0 aliphatic heterocycles. The minimum Gasteiger partial charge on any atom is -0.489 e. The Hall–Kier alpha value is -2.43. The van der Waals surface area contributed by atoms with Crippen LogP contribution in [0.4, 0.5) is 8.78 Å². The van der Waals surface area contributed by atoms with Crippen LogP contribution in [0.2, 0.25) is 0 Å². The van der Waals surface area contributed by atoms with Crippen LogP contribution in [-0.4, -0.2) is 4.57 Å². The fourth-order valence-corrected chi connectivity index (χ4v) is 1.95. The highest BCUT2D eigenvalue weighted by atomic mass is 19.1. The van der Waals surface area contributed by atoms with E-state index in [-0.39, 0.29) is 17.7 Å². The van der Waals surface area contributed by atoms with E-state index in [1.165, 1.54) is 12.1 Å². The topological polar surface area (TPSA) is 31.2 Å². The number of pyridine rings is 1. The molecule has 2 rings (SSSR count). The summed E-state index contributed by atoms with van der Waals surface area (Å²) >= 11 is 0. The van der Waals surface area contributed by atoms with Crippen molar-refractivity contribution in [2.45, 2.75) is 20.1 Å². The minimum atomic E-state index is -0.674. The lowest BCUT2D eigenvalue weighted by atomic mass is 10.2. The summed E-state index contributed by atoms with van der Waals surface area (Å²) in [4.78, 5) is 11.9. The minimum absolute atomic E-state index is 0.0730. The van der Waals surface area contributed by atoms with Crippen LogP contribution in [0.1, 0.15) is 11.3 Å². The number of rotatable bonds is 5. The van der Waals surface area contributed by atoms with E-state index in [4.69, 9.17) is 4.74 Å². The van der Waals surface area contributed by atoms with Crippen LogP contribution >= 0.6 is 0 Å². The van der Waals surface area contributed by atoms with Crippen LogP contribution in [0.3, 0.4) is 0 Å². The Morgan fingerprint density at radius 1 is 1.29 bits per heavy atom. The molecule has 0 saturated carbocycles. The molecular weight excluding hydrogens is 276 g/mol. The molecule has 0 bridgehead atoms. The molecule has 1 aromatic heterocycles. The quantitative estimate of drug-likeness (QED) is 0.792. The molecule has 3 nitrogen and oxygen atoms in total. The van der Waals surface area contributed by atoms with Gasteiger partial charge >= 0.3 is 0 Å². The number of hydrogen-bond donors (Lipinski definition) is 0. The van der Waals surface area contributed by atoms with Gasteiger partial charge in [-0.2, -0.15) is 0 Å². The summed E-state index contributed by atoms with van der Waals surface area (Å²) in [6.45, 7) is 5.71. The van der Waals surface area contributed by atoms with E-state index >= 15 is 0 Å². The van der Waals surface area contributed by atoms with Crippen LogP contribution in [-0.2, 0) is 13.2 Å². The maximum absolute atomic E-state index is 13.5. The van der Waals surface area contributed by atoms with Crippen molar-refractivity contribution in [3.63, 3.8) is 0 Å². The number of ether oxygens (including phenoxy) is 1. The normalized spacial score (nSPS) is 10.4. The highest BCUT2D eigenvalue weighted by molar-refractivity contribution is 5.25. The second kappa shape index (κ2) is 6.35. The van der Waals surface area contributed by atoms with Gasteiger partial charge in [0.1, 0.15) is 24.0 Å². The number of benzene rings is 1. The number of hydrogen-bond acceptors (Lipinski definition) is 2. The molecule has 0 spiro atoms. The number of aromatic nitrogens is 1. The maximum atomic E-state index is 13.5.